The number of hydrogen-bond donors (Lipinski definition) is 0. The Labute approximate surface area is 168 Å². The topological polar surface area (TPSA) is 84.5 Å². The normalized spacial score (nSPS) is 19.0. The van der Waals surface area contributed by atoms with E-state index >= 15 is 0 Å². The average Bonchev–Trinajstić information content (AvgIpc) is 3.44. The van der Waals surface area contributed by atoms with E-state index in [1.54, 1.807) is 11.8 Å². The number of furan rings is 1. The van der Waals surface area contributed by atoms with Crippen LogP contribution in [-0.4, -0.2) is 49.5 Å². The number of aromatic nitrogens is 3. The lowest BCUT2D eigenvalue weighted by Crippen LogP contribution is -2.39. The molecule has 8 nitrogen and oxygen atoms in total. The molecule has 1 saturated heterocycles. The number of carbonyl (C=O) groups excluding carboxylic acids is 2. The number of nitrogens with zero attached hydrogens (tertiary/aromatic N) is 5. The molecule has 1 atom stereocenters. The van der Waals surface area contributed by atoms with E-state index < -0.39 is 0 Å². The van der Waals surface area contributed by atoms with E-state index in [0.29, 0.717) is 25.4 Å². The van der Waals surface area contributed by atoms with Crippen molar-refractivity contribution >= 4 is 22.8 Å². The number of likely N-dealkylation sites (tertiary alicyclic amines) is 1. The highest BCUT2D eigenvalue weighted by molar-refractivity contribution is 5.98. The van der Waals surface area contributed by atoms with Crippen LogP contribution in [0.5, 0.6) is 0 Å². The molecule has 0 radical (unpaired) electrons. The van der Waals surface area contributed by atoms with E-state index in [-0.39, 0.29) is 17.9 Å². The highest BCUT2D eigenvalue weighted by Gasteiger charge is 2.35. The van der Waals surface area contributed by atoms with Crippen LogP contribution in [0.4, 0.5) is 0 Å². The third kappa shape index (κ3) is 2.82. The monoisotopic (exact) mass is 393 g/mol. The molecule has 0 bridgehead atoms. The van der Waals surface area contributed by atoms with Crippen molar-refractivity contribution in [3.63, 3.8) is 0 Å². The van der Waals surface area contributed by atoms with E-state index in [4.69, 9.17) is 4.42 Å². The fraction of sp³-hybridized carbons (Fsp3) is 0.429. The van der Waals surface area contributed by atoms with Crippen molar-refractivity contribution in [3.8, 4) is 0 Å². The molecule has 0 saturated carbocycles. The maximum Gasteiger partial charge on any atom is 0.290 e. The summed E-state index contributed by atoms with van der Waals surface area (Å²) in [4.78, 5) is 28.7. The van der Waals surface area contributed by atoms with Gasteiger partial charge in [0, 0.05) is 37.5 Å². The van der Waals surface area contributed by atoms with Gasteiger partial charge in [-0.05, 0) is 25.8 Å². The Hall–Kier alpha value is -3.16. The van der Waals surface area contributed by atoms with Gasteiger partial charge in [0.2, 0.25) is 5.91 Å². The van der Waals surface area contributed by atoms with E-state index in [1.165, 1.54) is 0 Å². The molecule has 0 spiro atoms. The van der Waals surface area contributed by atoms with Gasteiger partial charge in [-0.25, -0.2) is 0 Å². The zero-order valence-electron chi connectivity index (χ0n) is 16.6. The van der Waals surface area contributed by atoms with Crippen LogP contribution < -0.4 is 0 Å². The van der Waals surface area contributed by atoms with E-state index in [9.17, 15) is 9.59 Å². The van der Waals surface area contributed by atoms with Crippen LogP contribution in [0, 0.1) is 6.92 Å². The van der Waals surface area contributed by atoms with Crippen LogP contribution in [0.3, 0.4) is 0 Å². The highest BCUT2D eigenvalue weighted by atomic mass is 16.3. The molecule has 5 rings (SSSR count). The predicted molar refractivity (Wildman–Crippen MR) is 105 cm³/mol. The second-order valence-electron chi connectivity index (χ2n) is 7.78. The minimum absolute atomic E-state index is 0.0198. The quantitative estimate of drug-likeness (QED) is 0.668. The third-order valence-electron chi connectivity index (χ3n) is 6.06. The molecular weight excluding hydrogens is 370 g/mol. The molecule has 1 aromatic carbocycles. The van der Waals surface area contributed by atoms with Crippen molar-refractivity contribution in [2.24, 2.45) is 0 Å². The predicted octanol–water partition coefficient (Wildman–Crippen LogP) is 2.67. The summed E-state index contributed by atoms with van der Waals surface area (Å²) < 4.78 is 7.92. The summed E-state index contributed by atoms with van der Waals surface area (Å²) in [5.41, 5.74) is 1.59. The molecule has 2 aliphatic rings. The minimum atomic E-state index is -0.124. The number of carbonyl (C=O) groups is 2. The Kier molecular flexibility index (Phi) is 4.15. The molecule has 4 heterocycles. The summed E-state index contributed by atoms with van der Waals surface area (Å²) in [6, 6.07) is 7.66. The molecule has 2 aromatic heterocycles. The average molecular weight is 393 g/mol. The maximum absolute atomic E-state index is 13.1. The van der Waals surface area contributed by atoms with Gasteiger partial charge in [0.15, 0.2) is 17.4 Å². The van der Waals surface area contributed by atoms with Crippen LogP contribution >= 0.6 is 0 Å². The number of para-hydroxylation sites is 1. The molecular formula is C21H23N5O3. The number of hydrogen-bond acceptors (Lipinski definition) is 5. The summed E-state index contributed by atoms with van der Waals surface area (Å²) in [5.74, 6) is 1.92. The number of amides is 2. The van der Waals surface area contributed by atoms with E-state index in [0.717, 1.165) is 47.6 Å². The molecule has 1 unspecified atom stereocenters. The highest BCUT2D eigenvalue weighted by Crippen LogP contribution is 2.32. The minimum Gasteiger partial charge on any atom is -0.451 e. The Balaban J connectivity index is 1.40. The number of aryl methyl sites for hydroxylation is 1. The van der Waals surface area contributed by atoms with E-state index in [2.05, 4.69) is 14.8 Å². The Morgan fingerprint density at radius 2 is 1.97 bits per heavy atom. The smallest absolute Gasteiger partial charge is 0.290 e. The first-order chi connectivity index (χ1) is 14.0. The summed E-state index contributed by atoms with van der Waals surface area (Å²) in [6.45, 7) is 5.83. The van der Waals surface area contributed by atoms with Gasteiger partial charge in [-0.1, -0.05) is 18.2 Å². The zero-order valence-corrected chi connectivity index (χ0v) is 16.6. The lowest BCUT2D eigenvalue weighted by atomic mass is 10.1. The third-order valence-corrected chi connectivity index (χ3v) is 6.06. The van der Waals surface area contributed by atoms with Gasteiger partial charge in [-0.3, -0.25) is 9.59 Å². The maximum atomic E-state index is 13.1. The van der Waals surface area contributed by atoms with Crippen molar-refractivity contribution in [1.29, 1.82) is 0 Å². The van der Waals surface area contributed by atoms with E-state index in [1.807, 2.05) is 36.1 Å². The first-order valence-corrected chi connectivity index (χ1v) is 10.0. The van der Waals surface area contributed by atoms with Crippen molar-refractivity contribution in [3.05, 3.63) is 47.2 Å². The van der Waals surface area contributed by atoms with Gasteiger partial charge in [0.25, 0.3) is 5.91 Å². The summed E-state index contributed by atoms with van der Waals surface area (Å²) in [6.07, 6.45) is 1.88. The first-order valence-electron chi connectivity index (χ1n) is 10.0. The molecule has 8 heteroatoms. The standard InChI is InChI=1S/C21H23N5O3/c1-13-15-6-3-4-8-17(15)29-19(13)21(28)24-10-11-26-18(12-24)22-23-20(26)16-7-5-9-25(16)14(2)27/h3-4,6,8,16H,5,7,9-12H2,1-2H3. The molecule has 1 fully saturated rings. The second kappa shape index (κ2) is 6.72. The van der Waals surface area contributed by atoms with Crippen molar-refractivity contribution in [2.75, 3.05) is 13.1 Å². The number of benzene rings is 1. The lowest BCUT2D eigenvalue weighted by molar-refractivity contribution is -0.129. The fourth-order valence-corrected chi connectivity index (χ4v) is 4.53. The SMILES string of the molecule is CC(=O)N1CCCC1c1nnc2n1CCN(C(=O)c1oc3ccccc3c1C)C2. The van der Waals surface area contributed by atoms with Gasteiger partial charge >= 0.3 is 0 Å². The molecule has 2 aliphatic heterocycles. The van der Waals surface area contributed by atoms with Crippen molar-refractivity contribution < 1.29 is 14.0 Å². The van der Waals surface area contributed by atoms with Crippen LogP contribution in [0.15, 0.2) is 28.7 Å². The summed E-state index contributed by atoms with van der Waals surface area (Å²) in [7, 11) is 0. The van der Waals surface area contributed by atoms with Gasteiger partial charge < -0.3 is 18.8 Å². The second-order valence-corrected chi connectivity index (χ2v) is 7.78. The first kappa shape index (κ1) is 17.9. The van der Waals surface area contributed by atoms with Crippen LogP contribution in [0.1, 0.15) is 53.6 Å². The molecule has 2 amide bonds. The Morgan fingerprint density at radius 1 is 1.14 bits per heavy atom. The molecule has 29 heavy (non-hydrogen) atoms. The van der Waals surface area contributed by atoms with Gasteiger partial charge in [0.1, 0.15) is 5.58 Å². The summed E-state index contributed by atoms with van der Waals surface area (Å²) in [5, 5.41) is 9.69. The molecule has 3 aromatic rings. The van der Waals surface area contributed by atoms with Gasteiger partial charge in [0.05, 0.1) is 12.6 Å². The Morgan fingerprint density at radius 3 is 2.76 bits per heavy atom. The van der Waals surface area contributed by atoms with Crippen molar-refractivity contribution in [1.82, 2.24) is 24.6 Å². The Bertz CT molecular complexity index is 1110. The van der Waals surface area contributed by atoms with Gasteiger partial charge in [-0.2, -0.15) is 0 Å². The molecule has 150 valence electrons. The van der Waals surface area contributed by atoms with Crippen LogP contribution in [0.25, 0.3) is 11.0 Å². The largest absolute Gasteiger partial charge is 0.451 e. The fourth-order valence-electron chi connectivity index (χ4n) is 4.53. The zero-order chi connectivity index (χ0) is 20.1. The number of fused-ring (bicyclic) bond motifs is 2. The molecule has 0 N–H and O–H groups in total. The van der Waals surface area contributed by atoms with Crippen LogP contribution in [-0.2, 0) is 17.9 Å². The van der Waals surface area contributed by atoms with Gasteiger partial charge in [-0.15, -0.1) is 10.2 Å². The number of rotatable bonds is 2. The molecule has 0 aliphatic carbocycles. The summed E-state index contributed by atoms with van der Waals surface area (Å²) >= 11 is 0. The van der Waals surface area contributed by atoms with Crippen LogP contribution in [0.2, 0.25) is 0 Å². The lowest BCUT2D eigenvalue weighted by Gasteiger charge is -2.29. The van der Waals surface area contributed by atoms with Crippen molar-refractivity contribution in [2.45, 2.75) is 45.8 Å².